The van der Waals surface area contributed by atoms with Crippen molar-refractivity contribution in [3.8, 4) is 0 Å². The Kier molecular flexibility index (Phi) is 5.40. The molecule has 1 rings (SSSR count). The van der Waals surface area contributed by atoms with Crippen LogP contribution in [0.4, 0.5) is 4.79 Å². The first-order chi connectivity index (χ1) is 7.74. The van der Waals surface area contributed by atoms with Crippen molar-refractivity contribution >= 4 is 6.03 Å². The number of hydrogen-bond donors (Lipinski definition) is 1. The maximum atomic E-state index is 11.5. The molecule has 3 heteroatoms. The van der Waals surface area contributed by atoms with E-state index in [-0.39, 0.29) is 6.03 Å². The smallest absolute Gasteiger partial charge is 0.317 e. The summed E-state index contributed by atoms with van der Waals surface area (Å²) in [6.07, 6.45) is 1.87. The van der Waals surface area contributed by atoms with Gasteiger partial charge >= 0.3 is 6.03 Å². The van der Waals surface area contributed by atoms with Crippen LogP contribution >= 0.6 is 0 Å². The molecule has 0 saturated carbocycles. The van der Waals surface area contributed by atoms with Gasteiger partial charge in [-0.05, 0) is 18.4 Å². The Balaban J connectivity index is 2.23. The summed E-state index contributed by atoms with van der Waals surface area (Å²) in [5.74, 6) is 0. The number of carbonyl (C=O) groups is 1. The van der Waals surface area contributed by atoms with Gasteiger partial charge in [-0.3, -0.25) is 0 Å². The normalized spacial score (nSPS) is 9.88. The van der Waals surface area contributed by atoms with E-state index in [0.717, 1.165) is 19.4 Å². The van der Waals surface area contributed by atoms with Gasteiger partial charge in [0.25, 0.3) is 0 Å². The van der Waals surface area contributed by atoms with Crippen molar-refractivity contribution in [1.82, 2.24) is 10.2 Å². The minimum absolute atomic E-state index is 0.0118. The summed E-state index contributed by atoms with van der Waals surface area (Å²) >= 11 is 0. The first-order valence-corrected chi connectivity index (χ1v) is 5.77. The van der Waals surface area contributed by atoms with Crippen LogP contribution in [0.3, 0.4) is 0 Å². The van der Waals surface area contributed by atoms with Gasteiger partial charge < -0.3 is 10.2 Å². The lowest BCUT2D eigenvalue weighted by atomic mass is 10.1. The van der Waals surface area contributed by atoms with Gasteiger partial charge in [0.05, 0.1) is 0 Å². The van der Waals surface area contributed by atoms with E-state index in [2.05, 4.69) is 24.4 Å². The third-order valence-electron chi connectivity index (χ3n) is 2.44. The van der Waals surface area contributed by atoms with E-state index in [0.29, 0.717) is 6.54 Å². The molecule has 0 atom stereocenters. The number of carbonyl (C=O) groups excluding carboxylic acids is 1. The van der Waals surface area contributed by atoms with Crippen molar-refractivity contribution in [2.45, 2.75) is 19.8 Å². The average Bonchev–Trinajstić information content (AvgIpc) is 2.30. The lowest BCUT2D eigenvalue weighted by Gasteiger charge is -2.16. The van der Waals surface area contributed by atoms with Gasteiger partial charge in [-0.1, -0.05) is 37.3 Å². The fraction of sp³-hybridized carbons (Fsp3) is 0.462. The van der Waals surface area contributed by atoms with Crippen molar-refractivity contribution in [3.05, 3.63) is 35.9 Å². The lowest BCUT2D eigenvalue weighted by Crippen LogP contribution is -2.38. The molecule has 88 valence electrons. The summed E-state index contributed by atoms with van der Waals surface area (Å²) in [5, 5.41) is 2.90. The number of benzene rings is 1. The van der Waals surface area contributed by atoms with E-state index in [1.807, 2.05) is 25.2 Å². The topological polar surface area (TPSA) is 32.3 Å². The first kappa shape index (κ1) is 12.6. The highest BCUT2D eigenvalue weighted by Gasteiger charge is 2.05. The zero-order chi connectivity index (χ0) is 11.8. The number of amides is 2. The number of rotatable bonds is 5. The van der Waals surface area contributed by atoms with Gasteiger partial charge in [-0.25, -0.2) is 4.79 Å². The number of hydrogen-bond acceptors (Lipinski definition) is 1. The SMILES string of the molecule is CCCN(C)C(=O)NCCc1ccccc1. The van der Waals surface area contributed by atoms with Crippen LogP contribution in [0.1, 0.15) is 18.9 Å². The summed E-state index contributed by atoms with van der Waals surface area (Å²) in [6.45, 7) is 3.56. The second-order valence-corrected chi connectivity index (χ2v) is 3.89. The van der Waals surface area contributed by atoms with Crippen LogP contribution in [0, 0.1) is 0 Å². The van der Waals surface area contributed by atoms with Crippen molar-refractivity contribution in [1.29, 1.82) is 0 Å². The molecule has 0 aliphatic heterocycles. The van der Waals surface area contributed by atoms with Crippen LogP contribution in [-0.4, -0.2) is 31.1 Å². The molecule has 0 aliphatic rings. The highest BCUT2D eigenvalue weighted by atomic mass is 16.2. The summed E-state index contributed by atoms with van der Waals surface area (Å²) in [4.78, 5) is 13.3. The highest BCUT2D eigenvalue weighted by molar-refractivity contribution is 5.73. The summed E-state index contributed by atoms with van der Waals surface area (Å²) in [7, 11) is 1.82. The average molecular weight is 220 g/mol. The third kappa shape index (κ3) is 4.34. The Bertz CT molecular complexity index is 311. The van der Waals surface area contributed by atoms with E-state index in [9.17, 15) is 4.79 Å². The monoisotopic (exact) mass is 220 g/mol. The Hall–Kier alpha value is -1.51. The number of urea groups is 1. The van der Waals surface area contributed by atoms with Crippen LogP contribution in [-0.2, 0) is 6.42 Å². The molecule has 0 radical (unpaired) electrons. The van der Waals surface area contributed by atoms with Gasteiger partial charge in [0.15, 0.2) is 0 Å². The molecule has 3 nitrogen and oxygen atoms in total. The summed E-state index contributed by atoms with van der Waals surface area (Å²) in [5.41, 5.74) is 1.25. The molecule has 0 fully saturated rings. The van der Waals surface area contributed by atoms with Gasteiger partial charge in [0.2, 0.25) is 0 Å². The van der Waals surface area contributed by atoms with E-state index < -0.39 is 0 Å². The van der Waals surface area contributed by atoms with Crippen LogP contribution < -0.4 is 5.32 Å². The fourth-order valence-corrected chi connectivity index (χ4v) is 1.53. The second kappa shape index (κ2) is 6.88. The molecule has 16 heavy (non-hydrogen) atoms. The van der Waals surface area contributed by atoms with Crippen molar-refractivity contribution in [2.75, 3.05) is 20.1 Å². The van der Waals surface area contributed by atoms with E-state index in [4.69, 9.17) is 0 Å². The zero-order valence-electron chi connectivity index (χ0n) is 10.1. The molecule has 0 heterocycles. The molecule has 0 aliphatic carbocycles. The van der Waals surface area contributed by atoms with Gasteiger partial charge in [0.1, 0.15) is 0 Å². The van der Waals surface area contributed by atoms with Crippen LogP contribution in [0.25, 0.3) is 0 Å². The lowest BCUT2D eigenvalue weighted by molar-refractivity contribution is 0.209. The second-order valence-electron chi connectivity index (χ2n) is 3.89. The van der Waals surface area contributed by atoms with Crippen LogP contribution in [0.2, 0.25) is 0 Å². The summed E-state index contributed by atoms with van der Waals surface area (Å²) in [6, 6.07) is 10.2. The highest BCUT2D eigenvalue weighted by Crippen LogP contribution is 1.98. The van der Waals surface area contributed by atoms with Gasteiger partial charge in [0, 0.05) is 20.1 Å². The molecule has 2 amide bonds. The van der Waals surface area contributed by atoms with Crippen molar-refractivity contribution in [2.24, 2.45) is 0 Å². The summed E-state index contributed by atoms with van der Waals surface area (Å²) < 4.78 is 0. The largest absolute Gasteiger partial charge is 0.338 e. The standard InChI is InChI=1S/C13H20N2O/c1-3-11-15(2)13(16)14-10-9-12-7-5-4-6-8-12/h4-8H,3,9-11H2,1-2H3,(H,14,16). The van der Waals surface area contributed by atoms with E-state index >= 15 is 0 Å². The maximum absolute atomic E-state index is 11.5. The Morgan fingerprint density at radius 3 is 2.62 bits per heavy atom. The van der Waals surface area contributed by atoms with Gasteiger partial charge in [-0.2, -0.15) is 0 Å². The van der Waals surface area contributed by atoms with Crippen molar-refractivity contribution < 1.29 is 4.79 Å². The molecular formula is C13H20N2O. The molecular weight excluding hydrogens is 200 g/mol. The fourth-order valence-electron chi connectivity index (χ4n) is 1.53. The molecule has 1 aromatic rings. The van der Waals surface area contributed by atoms with E-state index in [1.54, 1.807) is 4.90 Å². The number of nitrogens with zero attached hydrogens (tertiary/aromatic N) is 1. The molecule has 0 aromatic heterocycles. The Morgan fingerprint density at radius 1 is 1.31 bits per heavy atom. The van der Waals surface area contributed by atoms with Gasteiger partial charge in [-0.15, -0.1) is 0 Å². The predicted molar refractivity (Wildman–Crippen MR) is 66.5 cm³/mol. The van der Waals surface area contributed by atoms with E-state index in [1.165, 1.54) is 5.56 Å². The van der Waals surface area contributed by atoms with Crippen molar-refractivity contribution in [3.63, 3.8) is 0 Å². The minimum Gasteiger partial charge on any atom is -0.338 e. The maximum Gasteiger partial charge on any atom is 0.317 e. The molecule has 1 aromatic carbocycles. The minimum atomic E-state index is 0.0118. The first-order valence-electron chi connectivity index (χ1n) is 5.77. The van der Waals surface area contributed by atoms with Crippen LogP contribution in [0.5, 0.6) is 0 Å². The molecule has 0 unspecified atom stereocenters. The quantitative estimate of drug-likeness (QED) is 0.811. The third-order valence-corrected chi connectivity index (χ3v) is 2.44. The molecule has 1 N–H and O–H groups in total. The molecule has 0 saturated heterocycles. The van der Waals surface area contributed by atoms with Crippen LogP contribution in [0.15, 0.2) is 30.3 Å². The predicted octanol–water partition coefficient (Wildman–Crippen LogP) is 2.28. The Morgan fingerprint density at radius 2 is 2.00 bits per heavy atom. The number of nitrogens with one attached hydrogen (secondary N) is 1. The molecule has 0 bridgehead atoms. The zero-order valence-corrected chi connectivity index (χ0v) is 10.1. The molecule has 0 spiro atoms. The Labute approximate surface area is 97.5 Å².